The molecule has 1 fully saturated rings. The first-order valence-electron chi connectivity index (χ1n) is 8.37. The van der Waals surface area contributed by atoms with Crippen molar-refractivity contribution in [2.24, 2.45) is 0 Å². The van der Waals surface area contributed by atoms with E-state index in [1.54, 1.807) is 32.0 Å². The second-order valence-corrected chi connectivity index (χ2v) is 6.35. The van der Waals surface area contributed by atoms with Crippen LogP contribution >= 0.6 is 0 Å². The summed E-state index contributed by atoms with van der Waals surface area (Å²) in [5.41, 5.74) is -0.227. The number of ketones is 1. The molecule has 0 radical (unpaired) electrons. The summed E-state index contributed by atoms with van der Waals surface area (Å²) in [6.07, 6.45) is 0.380. The van der Waals surface area contributed by atoms with Crippen molar-refractivity contribution in [2.45, 2.75) is 32.7 Å². The summed E-state index contributed by atoms with van der Waals surface area (Å²) in [5.74, 6) is -2.16. The van der Waals surface area contributed by atoms with Crippen LogP contribution in [-0.4, -0.2) is 53.2 Å². The van der Waals surface area contributed by atoms with Gasteiger partial charge in [0.05, 0.1) is 0 Å². The number of carbonyl (C=O) groups excluding carboxylic acids is 5. The quantitative estimate of drug-likeness (QED) is 0.418. The number of hydrogen-bond acceptors (Lipinski definition) is 6. The number of Topliss-reactive ketones (excluding diaryl/α,β-unsaturated/α-hetero) is 1. The summed E-state index contributed by atoms with van der Waals surface area (Å²) in [5, 5.41) is 5.02. The molecule has 9 heteroatoms. The van der Waals surface area contributed by atoms with E-state index in [9.17, 15) is 24.0 Å². The van der Waals surface area contributed by atoms with Crippen molar-refractivity contribution in [1.29, 1.82) is 0 Å². The summed E-state index contributed by atoms with van der Waals surface area (Å²) < 4.78 is 4.82. The van der Waals surface area contributed by atoms with Crippen molar-refractivity contribution in [3.8, 4) is 0 Å². The van der Waals surface area contributed by atoms with Crippen LogP contribution in [0, 0.1) is 0 Å². The monoisotopic (exact) mass is 375 g/mol. The number of urea groups is 1. The van der Waals surface area contributed by atoms with Crippen LogP contribution in [0.1, 0.15) is 37.6 Å². The predicted molar refractivity (Wildman–Crippen MR) is 95.0 cm³/mol. The van der Waals surface area contributed by atoms with Crippen molar-refractivity contribution in [1.82, 2.24) is 10.2 Å². The number of nitrogens with one attached hydrogen (secondary N) is 2. The van der Waals surface area contributed by atoms with Gasteiger partial charge in [0.15, 0.2) is 12.4 Å². The van der Waals surface area contributed by atoms with Gasteiger partial charge in [-0.05, 0) is 32.4 Å². The van der Waals surface area contributed by atoms with Crippen molar-refractivity contribution in [2.75, 3.05) is 18.5 Å². The number of benzene rings is 1. The highest BCUT2D eigenvalue weighted by Gasteiger charge is 2.47. The number of nitrogens with zero attached hydrogens (tertiary/aromatic N) is 1. The molecule has 0 bridgehead atoms. The Morgan fingerprint density at radius 3 is 2.56 bits per heavy atom. The molecule has 2 N–H and O–H groups in total. The van der Waals surface area contributed by atoms with Gasteiger partial charge in [-0.1, -0.05) is 19.1 Å². The van der Waals surface area contributed by atoms with E-state index < -0.39 is 42.5 Å². The number of carbonyl (C=O) groups is 5. The van der Waals surface area contributed by atoms with Crippen LogP contribution in [0.4, 0.5) is 10.5 Å². The number of hydrogen-bond donors (Lipinski definition) is 2. The number of anilines is 1. The lowest BCUT2D eigenvalue weighted by Crippen LogP contribution is -2.43. The van der Waals surface area contributed by atoms with Crippen LogP contribution in [0.25, 0.3) is 0 Å². The van der Waals surface area contributed by atoms with E-state index in [4.69, 9.17) is 4.74 Å². The van der Waals surface area contributed by atoms with Crippen molar-refractivity contribution in [3.63, 3.8) is 0 Å². The van der Waals surface area contributed by atoms with Gasteiger partial charge in [0.2, 0.25) is 0 Å². The Kier molecular flexibility index (Phi) is 5.94. The Bertz CT molecular complexity index is 806. The van der Waals surface area contributed by atoms with Crippen LogP contribution in [-0.2, 0) is 19.1 Å². The van der Waals surface area contributed by atoms with Crippen molar-refractivity contribution < 1.29 is 28.7 Å². The average Bonchev–Trinajstić information content (AvgIpc) is 2.84. The molecule has 4 amide bonds. The zero-order chi connectivity index (χ0) is 20.2. The fourth-order valence-corrected chi connectivity index (χ4v) is 2.46. The maximum Gasteiger partial charge on any atom is 0.326 e. The minimum absolute atomic E-state index is 0.148. The molecule has 0 aliphatic carbocycles. The first kappa shape index (κ1) is 20.1. The Morgan fingerprint density at radius 1 is 1.26 bits per heavy atom. The van der Waals surface area contributed by atoms with E-state index in [-0.39, 0.29) is 5.78 Å². The highest BCUT2D eigenvalue weighted by Crippen LogP contribution is 2.20. The fourth-order valence-electron chi connectivity index (χ4n) is 2.46. The Morgan fingerprint density at radius 2 is 1.96 bits per heavy atom. The van der Waals surface area contributed by atoms with E-state index in [0.29, 0.717) is 17.7 Å². The van der Waals surface area contributed by atoms with Gasteiger partial charge in [0.1, 0.15) is 12.1 Å². The maximum absolute atomic E-state index is 12.2. The third kappa shape index (κ3) is 4.69. The molecule has 2 rings (SSSR count). The molecular formula is C18H21N3O6. The second-order valence-electron chi connectivity index (χ2n) is 6.35. The first-order valence-corrected chi connectivity index (χ1v) is 8.37. The largest absolute Gasteiger partial charge is 0.454 e. The zero-order valence-corrected chi connectivity index (χ0v) is 15.3. The third-order valence-corrected chi connectivity index (χ3v) is 4.26. The summed E-state index contributed by atoms with van der Waals surface area (Å²) in [6, 6.07) is 5.64. The van der Waals surface area contributed by atoms with Crippen molar-refractivity contribution >= 4 is 35.3 Å². The van der Waals surface area contributed by atoms with Gasteiger partial charge in [-0.15, -0.1) is 0 Å². The third-order valence-electron chi connectivity index (χ3n) is 4.26. The van der Waals surface area contributed by atoms with Crippen molar-refractivity contribution in [3.05, 3.63) is 29.8 Å². The fraction of sp³-hybridized carbons (Fsp3) is 0.389. The molecule has 0 saturated carbocycles. The topological polar surface area (TPSA) is 122 Å². The van der Waals surface area contributed by atoms with Crippen LogP contribution < -0.4 is 10.6 Å². The molecule has 1 saturated heterocycles. The standard InChI is InChI=1S/C18H21N3O6/c1-4-18(3)16(25)21(17(26)20-18)9-15(24)27-10-14(23)19-13-7-5-6-12(8-13)11(2)22/h5-8H,4,9-10H2,1-3H3,(H,19,23)(H,20,26)/t18-/m1/s1. The van der Waals surface area contributed by atoms with E-state index >= 15 is 0 Å². The molecule has 0 unspecified atom stereocenters. The van der Waals surface area contributed by atoms with Gasteiger partial charge in [-0.2, -0.15) is 0 Å². The van der Waals surface area contributed by atoms with Crippen LogP contribution in [0.2, 0.25) is 0 Å². The molecule has 1 aromatic rings. The smallest absolute Gasteiger partial charge is 0.326 e. The Labute approximate surface area is 156 Å². The number of ether oxygens (including phenoxy) is 1. The molecule has 1 aliphatic heterocycles. The number of esters is 1. The lowest BCUT2D eigenvalue weighted by molar-refractivity contribution is -0.150. The van der Waals surface area contributed by atoms with Crippen LogP contribution in [0.5, 0.6) is 0 Å². The van der Waals surface area contributed by atoms with E-state index in [1.807, 2.05) is 0 Å². The van der Waals surface area contributed by atoms with Gasteiger partial charge in [-0.3, -0.25) is 24.1 Å². The molecule has 0 aromatic heterocycles. The molecule has 1 heterocycles. The van der Waals surface area contributed by atoms with Crippen LogP contribution in [0.3, 0.4) is 0 Å². The molecule has 9 nitrogen and oxygen atoms in total. The summed E-state index contributed by atoms with van der Waals surface area (Å²) in [7, 11) is 0. The second kappa shape index (κ2) is 7.98. The molecule has 27 heavy (non-hydrogen) atoms. The van der Waals surface area contributed by atoms with E-state index in [0.717, 1.165) is 4.90 Å². The molecular weight excluding hydrogens is 354 g/mol. The van der Waals surface area contributed by atoms with Gasteiger partial charge >= 0.3 is 12.0 Å². The Balaban J connectivity index is 1.86. The lowest BCUT2D eigenvalue weighted by atomic mass is 9.99. The molecule has 0 spiro atoms. The highest BCUT2D eigenvalue weighted by atomic mass is 16.5. The number of amides is 4. The van der Waals surface area contributed by atoms with E-state index in [2.05, 4.69) is 10.6 Å². The van der Waals surface area contributed by atoms with Gasteiger partial charge in [-0.25, -0.2) is 4.79 Å². The number of imide groups is 1. The predicted octanol–water partition coefficient (Wildman–Crippen LogP) is 1.09. The highest BCUT2D eigenvalue weighted by molar-refractivity contribution is 6.08. The lowest BCUT2D eigenvalue weighted by Gasteiger charge is -2.18. The summed E-state index contributed by atoms with van der Waals surface area (Å²) in [4.78, 5) is 59.9. The minimum Gasteiger partial charge on any atom is -0.454 e. The van der Waals surface area contributed by atoms with Crippen LogP contribution in [0.15, 0.2) is 24.3 Å². The molecule has 144 valence electrons. The average molecular weight is 375 g/mol. The summed E-state index contributed by atoms with van der Waals surface area (Å²) in [6.45, 7) is 3.56. The van der Waals surface area contributed by atoms with Gasteiger partial charge in [0.25, 0.3) is 11.8 Å². The van der Waals surface area contributed by atoms with Gasteiger partial charge < -0.3 is 15.4 Å². The number of rotatable bonds is 7. The minimum atomic E-state index is -1.05. The SMILES string of the molecule is CC[C@@]1(C)NC(=O)N(CC(=O)OCC(=O)Nc2cccc(C(C)=O)c2)C1=O. The van der Waals surface area contributed by atoms with E-state index in [1.165, 1.54) is 13.0 Å². The molecule has 1 aromatic carbocycles. The normalized spacial score (nSPS) is 18.9. The molecule has 1 aliphatic rings. The Hall–Kier alpha value is -3.23. The maximum atomic E-state index is 12.2. The van der Waals surface area contributed by atoms with Gasteiger partial charge in [0, 0.05) is 11.3 Å². The zero-order valence-electron chi connectivity index (χ0n) is 15.3. The molecule has 1 atom stereocenters. The summed E-state index contributed by atoms with van der Waals surface area (Å²) >= 11 is 0. The first-order chi connectivity index (χ1) is 12.7.